The van der Waals surface area contributed by atoms with Crippen molar-refractivity contribution in [2.75, 3.05) is 7.11 Å². The predicted molar refractivity (Wildman–Crippen MR) is 76.4 cm³/mol. The molecular formula is C14H22BrNO. The van der Waals surface area contributed by atoms with Crippen molar-refractivity contribution in [1.29, 1.82) is 0 Å². The minimum absolute atomic E-state index is 0.218. The average Bonchev–Trinajstić information content (AvgIpc) is 2.25. The van der Waals surface area contributed by atoms with Crippen LogP contribution in [0.1, 0.15) is 26.3 Å². The van der Waals surface area contributed by atoms with E-state index in [0.29, 0.717) is 11.8 Å². The van der Waals surface area contributed by atoms with Crippen LogP contribution >= 0.6 is 15.9 Å². The third kappa shape index (κ3) is 4.00. The maximum atomic E-state index is 6.04. The Morgan fingerprint density at radius 3 is 2.35 bits per heavy atom. The lowest BCUT2D eigenvalue weighted by Gasteiger charge is -2.25. The Morgan fingerprint density at radius 2 is 1.94 bits per heavy atom. The highest BCUT2D eigenvalue weighted by molar-refractivity contribution is 9.10. The second-order valence-electron chi connectivity index (χ2n) is 4.94. The van der Waals surface area contributed by atoms with Gasteiger partial charge in [-0.2, -0.15) is 0 Å². The van der Waals surface area contributed by atoms with Crippen molar-refractivity contribution >= 4 is 15.9 Å². The molecule has 0 bridgehead atoms. The van der Waals surface area contributed by atoms with Crippen molar-refractivity contribution in [3.8, 4) is 5.75 Å². The molecule has 0 fully saturated rings. The van der Waals surface area contributed by atoms with E-state index in [1.54, 1.807) is 7.11 Å². The van der Waals surface area contributed by atoms with Gasteiger partial charge in [-0.05, 0) is 58.8 Å². The highest BCUT2D eigenvalue weighted by Crippen LogP contribution is 2.28. The normalized spacial score (nSPS) is 14.8. The molecule has 0 aliphatic rings. The zero-order valence-corrected chi connectivity index (χ0v) is 12.6. The Labute approximate surface area is 113 Å². The Morgan fingerprint density at radius 1 is 1.29 bits per heavy atom. The molecule has 96 valence electrons. The number of ether oxygens (including phenoxy) is 1. The van der Waals surface area contributed by atoms with E-state index in [2.05, 4.69) is 48.8 Å². The smallest absolute Gasteiger partial charge is 0.133 e. The maximum absolute atomic E-state index is 6.04. The van der Waals surface area contributed by atoms with E-state index in [0.717, 1.165) is 16.6 Å². The van der Waals surface area contributed by atoms with Gasteiger partial charge in [0.25, 0.3) is 0 Å². The molecule has 0 aromatic heterocycles. The molecular weight excluding hydrogens is 278 g/mol. The SMILES string of the molecule is COc1ccc(CC(C(C)C)C(C)N)cc1Br. The highest BCUT2D eigenvalue weighted by Gasteiger charge is 2.18. The first-order valence-electron chi connectivity index (χ1n) is 6.03. The monoisotopic (exact) mass is 299 g/mol. The molecule has 0 saturated heterocycles. The van der Waals surface area contributed by atoms with Gasteiger partial charge in [-0.25, -0.2) is 0 Å². The van der Waals surface area contributed by atoms with E-state index in [4.69, 9.17) is 10.5 Å². The van der Waals surface area contributed by atoms with Crippen LogP contribution in [-0.2, 0) is 6.42 Å². The van der Waals surface area contributed by atoms with Crippen molar-refractivity contribution in [1.82, 2.24) is 0 Å². The van der Waals surface area contributed by atoms with Crippen molar-refractivity contribution in [3.05, 3.63) is 28.2 Å². The van der Waals surface area contributed by atoms with E-state index in [-0.39, 0.29) is 6.04 Å². The van der Waals surface area contributed by atoms with Gasteiger partial charge >= 0.3 is 0 Å². The summed E-state index contributed by atoms with van der Waals surface area (Å²) in [5, 5.41) is 0. The average molecular weight is 300 g/mol. The summed E-state index contributed by atoms with van der Waals surface area (Å²) >= 11 is 3.52. The standard InChI is InChI=1S/C14H22BrNO/c1-9(2)12(10(3)16)7-11-5-6-14(17-4)13(15)8-11/h5-6,8-10,12H,7,16H2,1-4H3. The van der Waals surface area contributed by atoms with Crippen molar-refractivity contribution < 1.29 is 4.74 Å². The Bertz CT molecular complexity index is 355. The fourth-order valence-corrected chi connectivity index (χ4v) is 2.73. The summed E-state index contributed by atoms with van der Waals surface area (Å²) in [5.41, 5.74) is 7.34. The summed E-state index contributed by atoms with van der Waals surface area (Å²) < 4.78 is 6.23. The Kier molecular flexibility index (Phi) is 5.47. The fourth-order valence-electron chi connectivity index (χ4n) is 2.14. The summed E-state index contributed by atoms with van der Waals surface area (Å²) in [4.78, 5) is 0. The van der Waals surface area contributed by atoms with Gasteiger partial charge in [-0.1, -0.05) is 19.9 Å². The molecule has 2 N–H and O–H groups in total. The zero-order chi connectivity index (χ0) is 13.0. The van der Waals surface area contributed by atoms with Crippen molar-refractivity contribution in [3.63, 3.8) is 0 Å². The van der Waals surface area contributed by atoms with Gasteiger partial charge in [-0.3, -0.25) is 0 Å². The first-order chi connectivity index (χ1) is 7.95. The molecule has 17 heavy (non-hydrogen) atoms. The van der Waals surface area contributed by atoms with Crippen LogP contribution in [0.4, 0.5) is 0 Å². The highest BCUT2D eigenvalue weighted by atomic mass is 79.9. The third-order valence-electron chi connectivity index (χ3n) is 3.22. The van der Waals surface area contributed by atoms with Gasteiger partial charge in [-0.15, -0.1) is 0 Å². The van der Waals surface area contributed by atoms with Gasteiger partial charge in [0.2, 0.25) is 0 Å². The summed E-state index contributed by atoms with van der Waals surface area (Å²) in [6, 6.07) is 6.45. The van der Waals surface area contributed by atoms with Crippen LogP contribution in [0, 0.1) is 11.8 Å². The first kappa shape index (κ1) is 14.5. The summed E-state index contributed by atoms with van der Waals surface area (Å²) in [7, 11) is 1.68. The zero-order valence-electron chi connectivity index (χ0n) is 11.0. The lowest BCUT2D eigenvalue weighted by Crippen LogP contribution is -2.32. The van der Waals surface area contributed by atoms with Crippen LogP contribution in [0.2, 0.25) is 0 Å². The van der Waals surface area contributed by atoms with Gasteiger partial charge in [0.1, 0.15) is 5.75 Å². The topological polar surface area (TPSA) is 35.2 Å². The number of hydrogen-bond acceptors (Lipinski definition) is 2. The van der Waals surface area contributed by atoms with Gasteiger partial charge < -0.3 is 10.5 Å². The van der Waals surface area contributed by atoms with Crippen molar-refractivity contribution in [2.24, 2.45) is 17.6 Å². The van der Waals surface area contributed by atoms with Crippen LogP contribution in [0.25, 0.3) is 0 Å². The molecule has 0 saturated carbocycles. The second-order valence-corrected chi connectivity index (χ2v) is 5.79. The van der Waals surface area contributed by atoms with Gasteiger partial charge in [0.15, 0.2) is 0 Å². The molecule has 2 atom stereocenters. The number of hydrogen-bond donors (Lipinski definition) is 1. The summed E-state index contributed by atoms with van der Waals surface area (Å²) in [6.45, 7) is 6.54. The summed E-state index contributed by atoms with van der Waals surface area (Å²) in [5.74, 6) is 1.97. The predicted octanol–water partition coefficient (Wildman–Crippen LogP) is 3.62. The molecule has 1 aromatic carbocycles. The molecule has 1 rings (SSSR count). The summed E-state index contributed by atoms with van der Waals surface area (Å²) in [6.07, 6.45) is 1.01. The molecule has 3 heteroatoms. The molecule has 0 amide bonds. The van der Waals surface area contributed by atoms with Crippen LogP contribution in [0.3, 0.4) is 0 Å². The van der Waals surface area contributed by atoms with E-state index >= 15 is 0 Å². The van der Waals surface area contributed by atoms with Crippen LogP contribution < -0.4 is 10.5 Å². The molecule has 0 heterocycles. The van der Waals surface area contributed by atoms with Gasteiger partial charge in [0, 0.05) is 6.04 Å². The van der Waals surface area contributed by atoms with Crippen LogP contribution in [0.5, 0.6) is 5.75 Å². The Hall–Kier alpha value is -0.540. The van der Waals surface area contributed by atoms with Crippen LogP contribution in [-0.4, -0.2) is 13.2 Å². The number of benzene rings is 1. The molecule has 0 aliphatic heterocycles. The van der Waals surface area contributed by atoms with Crippen LogP contribution in [0.15, 0.2) is 22.7 Å². The van der Waals surface area contributed by atoms with E-state index in [1.807, 2.05) is 6.07 Å². The molecule has 0 aliphatic carbocycles. The number of methoxy groups -OCH3 is 1. The lowest BCUT2D eigenvalue weighted by atomic mass is 9.84. The van der Waals surface area contributed by atoms with E-state index in [1.165, 1.54) is 5.56 Å². The quantitative estimate of drug-likeness (QED) is 0.901. The first-order valence-corrected chi connectivity index (χ1v) is 6.83. The third-order valence-corrected chi connectivity index (χ3v) is 3.84. The lowest BCUT2D eigenvalue weighted by molar-refractivity contribution is 0.329. The number of halogens is 1. The van der Waals surface area contributed by atoms with E-state index in [9.17, 15) is 0 Å². The minimum Gasteiger partial charge on any atom is -0.496 e. The Balaban J connectivity index is 2.83. The minimum atomic E-state index is 0.218. The number of nitrogens with two attached hydrogens (primary N) is 1. The molecule has 1 aromatic rings. The molecule has 2 unspecified atom stereocenters. The second kappa shape index (κ2) is 6.41. The fraction of sp³-hybridized carbons (Fsp3) is 0.571. The molecule has 0 radical (unpaired) electrons. The van der Waals surface area contributed by atoms with Gasteiger partial charge in [0.05, 0.1) is 11.6 Å². The number of rotatable bonds is 5. The maximum Gasteiger partial charge on any atom is 0.133 e. The van der Waals surface area contributed by atoms with Crippen molar-refractivity contribution in [2.45, 2.75) is 33.2 Å². The van der Waals surface area contributed by atoms with E-state index < -0.39 is 0 Å². The largest absolute Gasteiger partial charge is 0.496 e. The molecule has 0 spiro atoms. The molecule has 2 nitrogen and oxygen atoms in total.